The first-order chi connectivity index (χ1) is 20.2. The molecule has 0 aliphatic heterocycles. The quantitative estimate of drug-likeness (QED) is 0.209. The van der Waals surface area contributed by atoms with E-state index in [9.17, 15) is 9.90 Å². The Balaban J connectivity index is 1.41. The van der Waals surface area contributed by atoms with Crippen LogP contribution < -0.4 is 0 Å². The van der Waals surface area contributed by atoms with E-state index in [1.54, 1.807) is 13.8 Å². The Kier molecular flexibility index (Phi) is 8.64. The highest BCUT2D eigenvalue weighted by Crippen LogP contribution is 2.78. The highest BCUT2D eigenvalue weighted by molar-refractivity contribution is 5.73. The maximum absolute atomic E-state index is 11.8. The Labute approximate surface area is 270 Å². The van der Waals surface area contributed by atoms with E-state index in [0.717, 1.165) is 24.2 Å². The lowest BCUT2D eigenvalue weighted by Crippen LogP contribution is -2.66. The van der Waals surface area contributed by atoms with Crippen LogP contribution in [-0.2, 0) is 9.53 Å². The van der Waals surface area contributed by atoms with Crippen LogP contribution in [0.3, 0.4) is 0 Å². The van der Waals surface area contributed by atoms with Crippen LogP contribution >= 0.6 is 0 Å². The van der Waals surface area contributed by atoms with Gasteiger partial charge in [-0.25, -0.2) is 0 Å². The molecule has 5 aliphatic rings. The average Bonchev–Trinajstić information content (AvgIpc) is 3.29. The molecule has 5 rings (SSSR count). The number of allylic oxidation sites excluding steroid dienone is 2. The van der Waals surface area contributed by atoms with Gasteiger partial charge in [0.2, 0.25) is 0 Å². The first-order valence-electron chi connectivity index (χ1n) is 18.1. The molecule has 5 saturated carbocycles. The largest absolute Gasteiger partial charge is 0.495 e. The van der Waals surface area contributed by atoms with Crippen LogP contribution in [0.15, 0.2) is 24.5 Å². The lowest BCUT2D eigenvalue weighted by atomic mass is 9.32. The molecule has 1 N–H and O–H groups in total. The van der Waals surface area contributed by atoms with Gasteiger partial charge in [0, 0.05) is 11.8 Å². The molecule has 0 amide bonds. The molecule has 4 nitrogen and oxygen atoms in total. The van der Waals surface area contributed by atoms with Gasteiger partial charge in [-0.2, -0.15) is 0 Å². The third-order valence-electron chi connectivity index (χ3n) is 15.8. The normalized spacial score (nSPS) is 44.6. The van der Waals surface area contributed by atoms with Gasteiger partial charge in [0.05, 0.1) is 11.2 Å². The molecule has 5 aliphatic carbocycles. The van der Waals surface area contributed by atoms with Crippen molar-refractivity contribution >= 4 is 5.97 Å². The minimum Gasteiger partial charge on any atom is -0.495 e. The molecule has 4 heteroatoms. The minimum atomic E-state index is -0.863. The van der Waals surface area contributed by atoms with Crippen molar-refractivity contribution in [2.45, 2.75) is 139 Å². The molecule has 0 saturated heterocycles. The maximum atomic E-state index is 11.8. The van der Waals surface area contributed by atoms with Gasteiger partial charge in [-0.3, -0.25) is 4.79 Å². The number of ether oxygens (including phenoxy) is 1. The van der Waals surface area contributed by atoms with E-state index in [0.29, 0.717) is 45.7 Å². The summed E-state index contributed by atoms with van der Waals surface area (Å²) in [6, 6.07) is 0. The molecule has 0 radical (unpaired) electrons. The molecule has 250 valence electrons. The van der Waals surface area contributed by atoms with E-state index in [1.807, 2.05) is 0 Å². The van der Waals surface area contributed by atoms with Gasteiger partial charge >= 0.3 is 5.97 Å². The van der Waals surface area contributed by atoms with Crippen LogP contribution in [0.5, 0.6) is 0 Å². The molecule has 44 heavy (non-hydrogen) atoms. The molecule has 0 bridgehead atoms. The Hall–Kier alpha value is -1.29. The molecule has 10 atom stereocenters. The molecule has 0 spiro atoms. The van der Waals surface area contributed by atoms with E-state index < -0.39 is 11.4 Å². The second-order valence-electron chi connectivity index (χ2n) is 19.0. The van der Waals surface area contributed by atoms with Crippen molar-refractivity contribution in [3.63, 3.8) is 0 Å². The predicted octanol–water partition coefficient (Wildman–Crippen LogP) is 10.00. The number of carboxylic acids is 1. The van der Waals surface area contributed by atoms with Gasteiger partial charge in [0.1, 0.15) is 6.10 Å². The van der Waals surface area contributed by atoms with Crippen molar-refractivity contribution in [1.82, 2.24) is 4.90 Å². The Morgan fingerprint density at radius 1 is 0.886 bits per heavy atom. The second kappa shape index (κ2) is 11.2. The summed E-state index contributed by atoms with van der Waals surface area (Å²) in [6.07, 6.45) is 14.9. The number of rotatable bonds is 9. The molecule has 0 heterocycles. The van der Waals surface area contributed by atoms with Gasteiger partial charge in [0.15, 0.2) is 0 Å². The Morgan fingerprint density at radius 3 is 2.18 bits per heavy atom. The summed E-state index contributed by atoms with van der Waals surface area (Å²) in [5, 5.41) is 9.68. The van der Waals surface area contributed by atoms with E-state index in [4.69, 9.17) is 4.74 Å². The molecule has 0 aromatic heterocycles. The van der Waals surface area contributed by atoms with Crippen molar-refractivity contribution in [1.29, 1.82) is 0 Å². The third kappa shape index (κ3) is 5.05. The predicted molar refractivity (Wildman–Crippen MR) is 182 cm³/mol. The molecule has 0 aromatic rings. The fraction of sp³-hybridized carbons (Fsp3) is 0.875. The molecular formula is C40H67NO3. The number of carbonyl (C=O) groups is 1. The second-order valence-corrected chi connectivity index (χ2v) is 19.0. The molecule has 0 aromatic carbocycles. The van der Waals surface area contributed by atoms with Crippen molar-refractivity contribution in [2.24, 2.45) is 62.1 Å². The Morgan fingerprint density at radius 2 is 1.57 bits per heavy atom. The fourth-order valence-electron chi connectivity index (χ4n) is 13.2. The fourth-order valence-corrected chi connectivity index (χ4v) is 13.2. The summed E-state index contributed by atoms with van der Waals surface area (Å²) in [7, 11) is 4.51. The lowest BCUT2D eigenvalue weighted by molar-refractivity contribution is -0.249. The minimum absolute atomic E-state index is 0.0206. The monoisotopic (exact) mass is 610 g/mol. The maximum Gasteiger partial charge on any atom is 0.309 e. The molecule has 1 unspecified atom stereocenters. The summed E-state index contributed by atoms with van der Waals surface area (Å²) in [6.45, 7) is 28.9. The SMILES string of the molecule is C=C(CC(C)(C)C(=O)O)O[C@H]1CC[C@]2(C)[C@H]3CCC4[C@H]5[C@H](C(=C)C)CC[C@]5(CCN(C)C)CC[C@@]4(C)[C@]3(C)CC[C@H]2C1(C)C. The number of hydrogen-bond donors (Lipinski definition) is 1. The summed E-state index contributed by atoms with van der Waals surface area (Å²) in [4.78, 5) is 14.2. The first kappa shape index (κ1) is 34.1. The van der Waals surface area contributed by atoms with Crippen LogP contribution in [0.1, 0.15) is 132 Å². The van der Waals surface area contributed by atoms with Crippen LogP contribution in [0.2, 0.25) is 0 Å². The highest BCUT2D eigenvalue weighted by Gasteiger charge is 2.71. The van der Waals surface area contributed by atoms with Crippen LogP contribution in [-0.4, -0.2) is 42.7 Å². The molecular weight excluding hydrogens is 542 g/mol. The zero-order valence-corrected chi connectivity index (χ0v) is 30.3. The number of aliphatic carboxylic acids is 1. The van der Waals surface area contributed by atoms with Gasteiger partial charge < -0.3 is 14.7 Å². The average molecular weight is 610 g/mol. The number of hydrogen-bond acceptors (Lipinski definition) is 3. The zero-order chi connectivity index (χ0) is 32.7. The van der Waals surface area contributed by atoms with E-state index in [2.05, 4.69) is 73.7 Å². The van der Waals surface area contributed by atoms with Crippen LogP contribution in [0.4, 0.5) is 0 Å². The molecule has 5 fully saturated rings. The van der Waals surface area contributed by atoms with Crippen molar-refractivity contribution in [3.05, 3.63) is 24.5 Å². The van der Waals surface area contributed by atoms with E-state index >= 15 is 0 Å². The van der Waals surface area contributed by atoms with Gasteiger partial charge in [-0.15, -0.1) is 0 Å². The standard InChI is InChI=1S/C40H67NO3/c1-26(2)28-15-20-40(23-24-41(11)12)22-21-38(9)29(33(28)40)13-14-31-37(8)18-17-32(44-27(3)25-35(4,5)34(42)43)36(6,7)30(37)16-19-39(31,38)10/h28-33H,1,3,13-25H2,2,4-12H3,(H,42,43)/t28-,29?,30-,31+,32-,33+,37-,38+,39+,40+/m0/s1. The van der Waals surface area contributed by atoms with Crippen molar-refractivity contribution in [3.8, 4) is 0 Å². The lowest BCUT2D eigenvalue weighted by Gasteiger charge is -2.73. The summed E-state index contributed by atoms with van der Waals surface area (Å²) in [5.74, 6) is 3.48. The van der Waals surface area contributed by atoms with Crippen molar-refractivity contribution < 1.29 is 14.6 Å². The first-order valence-corrected chi connectivity index (χ1v) is 18.1. The van der Waals surface area contributed by atoms with Crippen LogP contribution in [0, 0.1) is 62.1 Å². The Bertz CT molecular complexity index is 1150. The van der Waals surface area contributed by atoms with Crippen LogP contribution in [0.25, 0.3) is 0 Å². The van der Waals surface area contributed by atoms with Gasteiger partial charge in [0.25, 0.3) is 0 Å². The van der Waals surface area contributed by atoms with Gasteiger partial charge in [-0.05, 0) is 163 Å². The zero-order valence-electron chi connectivity index (χ0n) is 30.3. The summed E-state index contributed by atoms with van der Waals surface area (Å²) < 4.78 is 6.62. The number of nitrogens with zero attached hydrogens (tertiary/aromatic N) is 1. The number of carboxylic acid groups (broad SMARTS) is 1. The summed E-state index contributed by atoms with van der Waals surface area (Å²) in [5.41, 5.74) is 2.14. The van der Waals surface area contributed by atoms with Crippen molar-refractivity contribution in [2.75, 3.05) is 20.6 Å². The third-order valence-corrected chi connectivity index (χ3v) is 15.8. The smallest absolute Gasteiger partial charge is 0.309 e. The van der Waals surface area contributed by atoms with Gasteiger partial charge in [-0.1, -0.05) is 53.3 Å². The van der Waals surface area contributed by atoms with E-state index in [-0.39, 0.29) is 11.5 Å². The van der Waals surface area contributed by atoms with E-state index in [1.165, 1.54) is 76.3 Å². The topological polar surface area (TPSA) is 49.8 Å². The highest BCUT2D eigenvalue weighted by atomic mass is 16.5. The summed E-state index contributed by atoms with van der Waals surface area (Å²) >= 11 is 0. The number of fused-ring (bicyclic) bond motifs is 7.